The maximum atomic E-state index is 12.7. The molecule has 1 amide bonds. The minimum Gasteiger partial charge on any atom is -0.488 e. The van der Waals surface area contributed by atoms with Gasteiger partial charge in [0.15, 0.2) is 0 Å². The zero-order valence-electron chi connectivity index (χ0n) is 16.8. The zero-order chi connectivity index (χ0) is 20.2. The number of carbonyl (C=O) groups is 1. The predicted octanol–water partition coefficient (Wildman–Crippen LogP) is 2.42. The summed E-state index contributed by atoms with van der Waals surface area (Å²) < 4.78 is 34.1. The van der Waals surface area contributed by atoms with Crippen LogP contribution in [0.1, 0.15) is 56.4 Å². The van der Waals surface area contributed by atoms with Crippen LogP contribution in [-0.4, -0.2) is 52.1 Å². The standard InChI is InChI=1S/C21H29N3O4S/c1-22-29(26,27)17-11-18-15-3-2-4-16(10-15)28-21(18)19(12-17)24(13-25)20-9-14-5-7-23(20)8-6-14/h11-16,20,22H,2-10H2,1H3. The van der Waals surface area contributed by atoms with E-state index in [1.54, 1.807) is 17.0 Å². The summed E-state index contributed by atoms with van der Waals surface area (Å²) in [4.78, 5) is 16.6. The van der Waals surface area contributed by atoms with E-state index in [0.29, 0.717) is 17.5 Å². The quantitative estimate of drug-likeness (QED) is 0.742. The fourth-order valence-corrected chi connectivity index (χ4v) is 6.50. The minimum atomic E-state index is -3.63. The Bertz CT molecular complexity index is 911. The molecule has 4 aliphatic heterocycles. The van der Waals surface area contributed by atoms with Crippen LogP contribution in [0.3, 0.4) is 0 Å². The van der Waals surface area contributed by atoms with Gasteiger partial charge in [0.05, 0.1) is 22.9 Å². The Balaban J connectivity index is 1.64. The van der Waals surface area contributed by atoms with Crippen molar-refractivity contribution in [3.63, 3.8) is 0 Å². The van der Waals surface area contributed by atoms with Gasteiger partial charge in [-0.05, 0) is 76.0 Å². The van der Waals surface area contributed by atoms with Gasteiger partial charge in [-0.25, -0.2) is 13.1 Å². The van der Waals surface area contributed by atoms with Crippen LogP contribution in [0.15, 0.2) is 17.0 Å². The third-order valence-corrected chi connectivity index (χ3v) is 8.72. The summed E-state index contributed by atoms with van der Waals surface area (Å²) in [7, 11) is -2.20. The van der Waals surface area contributed by atoms with Gasteiger partial charge in [-0.1, -0.05) is 0 Å². The number of ether oxygens (including phenoxy) is 1. The van der Waals surface area contributed by atoms with Crippen molar-refractivity contribution in [3.05, 3.63) is 17.7 Å². The number of piperidine rings is 3. The number of hydrogen-bond donors (Lipinski definition) is 1. The topological polar surface area (TPSA) is 79.0 Å². The molecule has 3 atom stereocenters. The average Bonchev–Trinajstić information content (AvgIpc) is 2.75. The second-order valence-corrected chi connectivity index (χ2v) is 10.8. The largest absolute Gasteiger partial charge is 0.488 e. The highest BCUT2D eigenvalue weighted by Gasteiger charge is 2.41. The summed E-state index contributed by atoms with van der Waals surface area (Å²) in [6, 6.07) is 3.39. The molecule has 5 aliphatic rings. The van der Waals surface area contributed by atoms with E-state index >= 15 is 0 Å². The molecular formula is C21H29N3O4S. The van der Waals surface area contributed by atoms with Gasteiger partial charge in [-0.3, -0.25) is 14.6 Å². The maximum Gasteiger partial charge on any atom is 0.240 e. The minimum absolute atomic E-state index is 0.0259. The Kier molecular flexibility index (Phi) is 4.83. The van der Waals surface area contributed by atoms with Crippen LogP contribution in [0.25, 0.3) is 0 Å². The van der Waals surface area contributed by atoms with Crippen LogP contribution in [-0.2, 0) is 14.8 Å². The van der Waals surface area contributed by atoms with Crippen LogP contribution in [0.2, 0.25) is 0 Å². The molecule has 1 aromatic carbocycles. The second-order valence-electron chi connectivity index (χ2n) is 8.88. The number of benzene rings is 1. The molecule has 7 nitrogen and oxygen atoms in total. The summed E-state index contributed by atoms with van der Waals surface area (Å²) in [5, 5.41) is 0. The van der Waals surface area contributed by atoms with Crippen LogP contribution < -0.4 is 14.4 Å². The fraction of sp³-hybridized carbons (Fsp3) is 0.667. The average molecular weight is 420 g/mol. The van der Waals surface area contributed by atoms with E-state index in [2.05, 4.69) is 9.62 Å². The van der Waals surface area contributed by atoms with Crippen LogP contribution in [0, 0.1) is 5.92 Å². The molecule has 3 unspecified atom stereocenters. The lowest BCUT2D eigenvalue weighted by atomic mass is 9.79. The normalized spacial score (nSPS) is 32.9. The van der Waals surface area contributed by atoms with Gasteiger partial charge in [-0.2, -0.15) is 0 Å². The van der Waals surface area contributed by atoms with Crippen molar-refractivity contribution >= 4 is 22.1 Å². The second kappa shape index (κ2) is 7.25. The molecule has 8 heteroatoms. The van der Waals surface area contributed by atoms with Gasteiger partial charge < -0.3 is 4.74 Å². The third-order valence-electron chi connectivity index (χ3n) is 7.33. The summed E-state index contributed by atoms with van der Waals surface area (Å²) >= 11 is 0. The van der Waals surface area contributed by atoms with Crippen molar-refractivity contribution in [1.29, 1.82) is 0 Å². The Labute approximate surface area is 172 Å². The van der Waals surface area contributed by atoms with Crippen LogP contribution in [0.5, 0.6) is 5.75 Å². The highest BCUT2D eigenvalue weighted by molar-refractivity contribution is 7.89. The molecule has 4 heterocycles. The van der Waals surface area contributed by atoms with E-state index in [1.165, 1.54) is 19.9 Å². The van der Waals surface area contributed by atoms with E-state index in [9.17, 15) is 13.2 Å². The Hall–Kier alpha value is -1.64. The fourth-order valence-electron chi connectivity index (χ4n) is 5.72. The van der Waals surface area contributed by atoms with E-state index in [0.717, 1.165) is 62.9 Å². The van der Waals surface area contributed by atoms with E-state index in [1.807, 2.05) is 0 Å². The zero-order valence-corrected chi connectivity index (χ0v) is 17.7. The van der Waals surface area contributed by atoms with Gasteiger partial charge in [0.25, 0.3) is 0 Å². The number of hydrogen-bond acceptors (Lipinski definition) is 5. The smallest absolute Gasteiger partial charge is 0.240 e. The molecule has 29 heavy (non-hydrogen) atoms. The molecule has 4 bridgehead atoms. The van der Waals surface area contributed by atoms with Gasteiger partial charge in [-0.15, -0.1) is 0 Å². The molecule has 158 valence electrons. The molecular weight excluding hydrogens is 390 g/mol. The van der Waals surface area contributed by atoms with Crippen molar-refractivity contribution in [2.45, 2.75) is 68.0 Å². The third kappa shape index (κ3) is 3.25. The molecule has 1 N–H and O–H groups in total. The van der Waals surface area contributed by atoms with Gasteiger partial charge in [0.2, 0.25) is 16.4 Å². The van der Waals surface area contributed by atoms with Gasteiger partial charge in [0, 0.05) is 18.7 Å². The first-order chi connectivity index (χ1) is 14.0. The van der Waals surface area contributed by atoms with E-state index in [4.69, 9.17) is 4.74 Å². The molecule has 3 saturated heterocycles. The summed E-state index contributed by atoms with van der Waals surface area (Å²) in [5.41, 5.74) is 1.55. The van der Waals surface area contributed by atoms with Gasteiger partial charge in [0.1, 0.15) is 5.75 Å². The molecule has 0 radical (unpaired) electrons. The Morgan fingerprint density at radius 1 is 1.17 bits per heavy atom. The molecule has 6 rings (SSSR count). The number of nitrogens with one attached hydrogen (secondary N) is 1. The number of rotatable bonds is 5. The first-order valence-electron chi connectivity index (χ1n) is 10.8. The summed E-state index contributed by atoms with van der Waals surface area (Å²) in [6.45, 7) is 1.98. The lowest BCUT2D eigenvalue weighted by molar-refractivity contribution is -0.109. The number of carbonyl (C=O) groups excluding carboxylic acids is 1. The van der Waals surface area contributed by atoms with Crippen molar-refractivity contribution in [1.82, 2.24) is 9.62 Å². The molecule has 0 spiro atoms. The van der Waals surface area contributed by atoms with Crippen molar-refractivity contribution in [2.75, 3.05) is 25.0 Å². The lowest BCUT2D eigenvalue weighted by Gasteiger charge is -2.49. The van der Waals surface area contributed by atoms with E-state index < -0.39 is 10.0 Å². The molecule has 0 aromatic heterocycles. The number of sulfonamides is 1. The van der Waals surface area contributed by atoms with E-state index in [-0.39, 0.29) is 17.2 Å². The monoisotopic (exact) mass is 419 g/mol. The van der Waals surface area contributed by atoms with Crippen molar-refractivity contribution in [2.24, 2.45) is 5.92 Å². The number of amides is 1. The van der Waals surface area contributed by atoms with Crippen molar-refractivity contribution in [3.8, 4) is 5.75 Å². The highest BCUT2D eigenvalue weighted by Crippen LogP contribution is 2.50. The lowest BCUT2D eigenvalue weighted by Crippen LogP contribution is -2.56. The summed E-state index contributed by atoms with van der Waals surface area (Å²) in [6.07, 6.45) is 8.35. The maximum absolute atomic E-state index is 12.7. The first kappa shape index (κ1) is 19.3. The SMILES string of the molecule is CNS(=O)(=O)c1cc2c(c(N(C=O)C3CC4CCN3CC4)c1)OC1CCCC2C1. The number of fused-ring (bicyclic) bond motifs is 7. The van der Waals surface area contributed by atoms with Gasteiger partial charge >= 0.3 is 0 Å². The van der Waals surface area contributed by atoms with Crippen molar-refractivity contribution < 1.29 is 17.9 Å². The van der Waals surface area contributed by atoms with Crippen LogP contribution in [0.4, 0.5) is 5.69 Å². The Morgan fingerprint density at radius 3 is 2.62 bits per heavy atom. The van der Waals surface area contributed by atoms with Crippen LogP contribution >= 0.6 is 0 Å². The molecule has 1 aromatic rings. The molecule has 4 fully saturated rings. The number of nitrogens with zero attached hydrogens (tertiary/aromatic N) is 2. The Morgan fingerprint density at radius 2 is 1.97 bits per heavy atom. The predicted molar refractivity (Wildman–Crippen MR) is 110 cm³/mol. The first-order valence-corrected chi connectivity index (χ1v) is 12.2. The summed E-state index contributed by atoms with van der Waals surface area (Å²) in [5.74, 6) is 1.64. The molecule has 1 aliphatic carbocycles. The molecule has 1 saturated carbocycles. The number of anilines is 1. The highest BCUT2D eigenvalue weighted by atomic mass is 32.2.